The van der Waals surface area contributed by atoms with Crippen molar-refractivity contribution in [3.63, 3.8) is 0 Å². The molecule has 0 saturated carbocycles. The summed E-state index contributed by atoms with van der Waals surface area (Å²) in [5.74, 6) is 0. The molecule has 0 fully saturated rings. The van der Waals surface area contributed by atoms with Gasteiger partial charge in [0.15, 0.2) is 0 Å². The van der Waals surface area contributed by atoms with Gasteiger partial charge in [0.05, 0.1) is 0 Å². The summed E-state index contributed by atoms with van der Waals surface area (Å²) in [4.78, 5) is 0. The maximum absolute atomic E-state index is 6.35. The predicted octanol–water partition coefficient (Wildman–Crippen LogP) is 5.43. The van der Waals surface area contributed by atoms with Crippen LogP contribution < -0.4 is 5.73 Å². The molecule has 0 unspecified atom stereocenters. The van der Waals surface area contributed by atoms with Crippen molar-refractivity contribution in [3.8, 4) is 0 Å². The zero-order valence-corrected chi connectivity index (χ0v) is 14.2. The normalized spacial score (nSPS) is 12.5. The summed E-state index contributed by atoms with van der Waals surface area (Å²) in [6.45, 7) is 5.41. The quantitative estimate of drug-likeness (QED) is 0.669. The fourth-order valence-electron chi connectivity index (χ4n) is 3.23. The summed E-state index contributed by atoms with van der Waals surface area (Å²) in [6, 6.07) is 15.5. The standard InChI is InChI=1S/C19H24N2.ClH/c1-3-5-9-17(20)14-11-12-19-16(13-14)15-8-6-7-10-18(15)21(19)4-2;/h6-8,10-13,17H,3-5,9,20H2,1-2H3;1H/t17-;/m0./s1. The lowest BCUT2D eigenvalue weighted by molar-refractivity contribution is 0.604. The van der Waals surface area contributed by atoms with E-state index in [0.29, 0.717) is 0 Å². The van der Waals surface area contributed by atoms with Crippen LogP contribution in [0.5, 0.6) is 0 Å². The Morgan fingerprint density at radius 1 is 1.00 bits per heavy atom. The lowest BCUT2D eigenvalue weighted by Crippen LogP contribution is -2.09. The second kappa shape index (κ2) is 7.17. The highest BCUT2D eigenvalue weighted by atomic mass is 35.5. The number of unbranched alkanes of at least 4 members (excludes halogenated alkanes) is 1. The molecule has 3 heteroatoms. The molecule has 2 nitrogen and oxygen atoms in total. The number of fused-ring (bicyclic) bond motifs is 3. The van der Waals surface area contributed by atoms with Crippen molar-refractivity contribution >= 4 is 34.2 Å². The van der Waals surface area contributed by atoms with E-state index >= 15 is 0 Å². The maximum atomic E-state index is 6.35. The summed E-state index contributed by atoms with van der Waals surface area (Å²) in [5, 5.41) is 2.66. The molecule has 0 aliphatic carbocycles. The minimum atomic E-state index is 0. The summed E-state index contributed by atoms with van der Waals surface area (Å²) in [6.07, 6.45) is 3.45. The van der Waals surface area contributed by atoms with Crippen LogP contribution in [-0.4, -0.2) is 4.57 Å². The minimum Gasteiger partial charge on any atom is -0.341 e. The Morgan fingerprint density at radius 2 is 1.73 bits per heavy atom. The maximum Gasteiger partial charge on any atom is 0.0491 e. The zero-order valence-electron chi connectivity index (χ0n) is 13.4. The van der Waals surface area contributed by atoms with Gasteiger partial charge >= 0.3 is 0 Å². The Kier molecular flexibility index (Phi) is 5.49. The van der Waals surface area contributed by atoms with Crippen LogP contribution in [0.4, 0.5) is 0 Å². The molecule has 0 radical (unpaired) electrons. The first-order valence-corrected chi connectivity index (χ1v) is 8.02. The highest BCUT2D eigenvalue weighted by molar-refractivity contribution is 6.08. The molecule has 1 aromatic heterocycles. The van der Waals surface area contributed by atoms with Crippen molar-refractivity contribution in [3.05, 3.63) is 48.0 Å². The van der Waals surface area contributed by atoms with Gasteiger partial charge in [0.25, 0.3) is 0 Å². The highest BCUT2D eigenvalue weighted by Gasteiger charge is 2.12. The van der Waals surface area contributed by atoms with E-state index in [4.69, 9.17) is 5.73 Å². The number of aryl methyl sites for hydroxylation is 1. The summed E-state index contributed by atoms with van der Waals surface area (Å²) in [5.41, 5.74) is 10.2. The molecule has 0 spiro atoms. The largest absolute Gasteiger partial charge is 0.341 e. The Labute approximate surface area is 138 Å². The Bertz CT molecular complexity index is 761. The molecule has 0 aliphatic heterocycles. The van der Waals surface area contributed by atoms with Gasteiger partial charge in [-0.2, -0.15) is 0 Å². The monoisotopic (exact) mass is 316 g/mol. The molecule has 22 heavy (non-hydrogen) atoms. The molecule has 2 N–H and O–H groups in total. The van der Waals surface area contributed by atoms with Crippen LogP contribution in [0.1, 0.15) is 44.7 Å². The number of nitrogens with zero attached hydrogens (tertiary/aromatic N) is 1. The fourth-order valence-corrected chi connectivity index (χ4v) is 3.23. The number of aromatic nitrogens is 1. The average Bonchev–Trinajstić information content (AvgIpc) is 2.85. The summed E-state index contributed by atoms with van der Waals surface area (Å²) < 4.78 is 2.38. The third-order valence-electron chi connectivity index (χ3n) is 4.41. The predicted molar refractivity (Wildman–Crippen MR) is 98.8 cm³/mol. The van der Waals surface area contributed by atoms with Crippen LogP contribution in [0.2, 0.25) is 0 Å². The average molecular weight is 317 g/mol. The molecule has 0 bridgehead atoms. The van der Waals surface area contributed by atoms with Gasteiger partial charge in [-0.1, -0.05) is 44.0 Å². The Balaban J connectivity index is 0.00000176. The fraction of sp³-hybridized carbons (Fsp3) is 0.368. The number of hydrogen-bond donors (Lipinski definition) is 1. The zero-order chi connectivity index (χ0) is 14.8. The van der Waals surface area contributed by atoms with Crippen molar-refractivity contribution in [1.29, 1.82) is 0 Å². The van der Waals surface area contributed by atoms with Gasteiger partial charge in [-0.3, -0.25) is 0 Å². The van der Waals surface area contributed by atoms with Gasteiger partial charge in [0.2, 0.25) is 0 Å². The number of benzene rings is 2. The van der Waals surface area contributed by atoms with Crippen LogP contribution in [-0.2, 0) is 6.54 Å². The van der Waals surface area contributed by atoms with Crippen LogP contribution in [0.25, 0.3) is 21.8 Å². The van der Waals surface area contributed by atoms with E-state index in [1.807, 2.05) is 0 Å². The lowest BCUT2D eigenvalue weighted by atomic mass is 10.00. The smallest absolute Gasteiger partial charge is 0.0491 e. The molecule has 118 valence electrons. The number of hydrogen-bond acceptors (Lipinski definition) is 1. The molecule has 1 heterocycles. The molecule has 2 aromatic carbocycles. The van der Waals surface area contributed by atoms with E-state index in [0.717, 1.165) is 13.0 Å². The van der Waals surface area contributed by atoms with Crippen molar-refractivity contribution in [2.45, 2.75) is 45.7 Å². The number of para-hydroxylation sites is 1. The van der Waals surface area contributed by atoms with Crippen LogP contribution in [0, 0.1) is 0 Å². The molecule has 3 rings (SSSR count). The SMILES string of the molecule is CCCC[C@H](N)c1ccc2c(c1)c1ccccc1n2CC.Cl. The number of nitrogens with two attached hydrogens (primary N) is 1. The second-order valence-electron chi connectivity index (χ2n) is 5.79. The number of rotatable bonds is 5. The van der Waals surface area contributed by atoms with Gasteiger partial charge in [0, 0.05) is 34.4 Å². The third kappa shape index (κ3) is 2.86. The number of halogens is 1. The molecule has 1 atom stereocenters. The van der Waals surface area contributed by atoms with Crippen molar-refractivity contribution in [1.82, 2.24) is 4.57 Å². The van der Waals surface area contributed by atoms with Crippen molar-refractivity contribution < 1.29 is 0 Å². The topological polar surface area (TPSA) is 30.9 Å². The van der Waals surface area contributed by atoms with Gasteiger partial charge in [-0.05, 0) is 37.1 Å². The summed E-state index contributed by atoms with van der Waals surface area (Å²) in [7, 11) is 0. The van der Waals surface area contributed by atoms with Crippen LogP contribution in [0.3, 0.4) is 0 Å². The van der Waals surface area contributed by atoms with Crippen molar-refractivity contribution in [2.75, 3.05) is 0 Å². The Morgan fingerprint density at radius 3 is 2.45 bits per heavy atom. The summed E-state index contributed by atoms with van der Waals surface area (Å²) >= 11 is 0. The van der Waals surface area contributed by atoms with Crippen molar-refractivity contribution in [2.24, 2.45) is 5.73 Å². The first-order valence-electron chi connectivity index (χ1n) is 8.02. The second-order valence-corrected chi connectivity index (χ2v) is 5.79. The van der Waals surface area contributed by atoms with Gasteiger partial charge in [-0.25, -0.2) is 0 Å². The first kappa shape index (κ1) is 16.9. The first-order chi connectivity index (χ1) is 10.3. The van der Waals surface area contributed by atoms with Gasteiger partial charge in [0.1, 0.15) is 0 Å². The third-order valence-corrected chi connectivity index (χ3v) is 4.41. The molecule has 0 aliphatic rings. The van der Waals surface area contributed by atoms with Crippen LogP contribution >= 0.6 is 12.4 Å². The van der Waals surface area contributed by atoms with Crippen LogP contribution in [0.15, 0.2) is 42.5 Å². The molecular formula is C19H25ClN2. The van der Waals surface area contributed by atoms with E-state index in [-0.39, 0.29) is 18.4 Å². The van der Waals surface area contributed by atoms with Gasteiger partial charge in [-0.15, -0.1) is 12.4 Å². The molecule has 3 aromatic rings. The molecule has 0 amide bonds. The van der Waals surface area contributed by atoms with E-state index in [9.17, 15) is 0 Å². The van der Waals surface area contributed by atoms with Gasteiger partial charge < -0.3 is 10.3 Å². The van der Waals surface area contributed by atoms with E-state index < -0.39 is 0 Å². The van der Waals surface area contributed by atoms with E-state index in [1.54, 1.807) is 0 Å². The lowest BCUT2D eigenvalue weighted by Gasteiger charge is -2.12. The highest BCUT2D eigenvalue weighted by Crippen LogP contribution is 2.31. The van der Waals surface area contributed by atoms with E-state index in [1.165, 1.54) is 40.2 Å². The molecule has 0 saturated heterocycles. The van der Waals surface area contributed by atoms with E-state index in [2.05, 4.69) is 60.9 Å². The minimum absolute atomic E-state index is 0. The molecular weight excluding hydrogens is 292 g/mol. The Hall–Kier alpha value is -1.51.